The maximum absolute atomic E-state index is 5.66. The molecule has 0 radical (unpaired) electrons. The van der Waals surface area contributed by atoms with Crippen LogP contribution >= 0.6 is 14.5 Å². The Morgan fingerprint density at radius 3 is 2.20 bits per heavy atom. The normalized spacial score (nSPS) is 7.80. The number of hydrogen-bond donors (Lipinski definition) is 0. The standard InChI is InChI=1S/C2H5.ClH.Hg.H2P/c1-2;;;/h1H2,2H3;1H;;1H2/q;;+2;-1/p-1. The van der Waals surface area contributed by atoms with Crippen molar-refractivity contribution in [2.24, 2.45) is 0 Å². The molecule has 0 bridgehead atoms. The summed E-state index contributed by atoms with van der Waals surface area (Å²) in [6.45, 7) is 2.15. The zero-order chi connectivity index (χ0) is 4.28. The van der Waals surface area contributed by atoms with Crippen LogP contribution in [-0.2, 0) is 21.2 Å². The molecule has 1 unspecified atom stereocenters. The summed E-state index contributed by atoms with van der Waals surface area (Å²) in [5.74, 6) is 0. The first-order chi connectivity index (χ1) is 2.27. The Morgan fingerprint density at radius 1 is 2.00 bits per heavy atom. The molecular formula is C2H7ClHgP. The SMILES string of the molecule is C[CH2][Hg]([PH2])[Cl]. The first-order valence-corrected chi connectivity index (χ1v) is 22.9. The van der Waals surface area contributed by atoms with Gasteiger partial charge in [0.1, 0.15) is 0 Å². The van der Waals surface area contributed by atoms with Crippen molar-refractivity contribution in [3.63, 3.8) is 0 Å². The Bertz CT molecular complexity index is 23.6. The number of rotatable bonds is 1. The topological polar surface area (TPSA) is 0 Å². The molecule has 0 fully saturated rings. The van der Waals surface area contributed by atoms with Crippen LogP contribution in [0.5, 0.6) is 0 Å². The molecule has 0 spiro atoms. The quantitative estimate of drug-likeness (QED) is 0.513. The molecule has 5 heavy (non-hydrogen) atoms. The van der Waals surface area contributed by atoms with E-state index in [1.807, 2.05) is 0 Å². The summed E-state index contributed by atoms with van der Waals surface area (Å²) >= 11 is -1.45. The van der Waals surface area contributed by atoms with Crippen LogP contribution in [0.4, 0.5) is 0 Å². The molecule has 0 aromatic carbocycles. The molecule has 0 rings (SSSR count). The third-order valence-corrected chi connectivity index (χ3v) is 12.6. The van der Waals surface area contributed by atoms with Gasteiger partial charge in [0, 0.05) is 0 Å². The monoisotopic (exact) mass is 299 g/mol. The van der Waals surface area contributed by atoms with Gasteiger partial charge >= 0.3 is 46.6 Å². The van der Waals surface area contributed by atoms with Crippen molar-refractivity contribution < 1.29 is 21.2 Å². The third-order valence-electron chi connectivity index (χ3n) is 0.478. The minimum absolute atomic E-state index is 1.27. The van der Waals surface area contributed by atoms with Crippen LogP contribution in [0.2, 0.25) is 3.93 Å². The molecule has 29 valence electrons. The van der Waals surface area contributed by atoms with Crippen molar-refractivity contribution in [1.82, 2.24) is 0 Å². The Kier molecular flexibility index (Phi) is 5.10. The summed E-state index contributed by atoms with van der Waals surface area (Å²) in [7, 11) is 5.66. The molecule has 0 heterocycles. The molecule has 0 amide bonds. The van der Waals surface area contributed by atoms with Crippen LogP contribution < -0.4 is 0 Å². The van der Waals surface area contributed by atoms with Crippen molar-refractivity contribution in [3.8, 4) is 0 Å². The molecular weight excluding hydrogens is 291 g/mol. The predicted octanol–water partition coefficient (Wildman–Crippen LogP) is 1.99. The molecule has 0 nitrogen and oxygen atoms in total. The van der Waals surface area contributed by atoms with Gasteiger partial charge in [-0.2, -0.15) is 0 Å². The first-order valence-electron chi connectivity index (χ1n) is 1.88. The van der Waals surface area contributed by atoms with E-state index in [1.165, 1.54) is 3.93 Å². The van der Waals surface area contributed by atoms with Crippen LogP contribution in [0.15, 0.2) is 0 Å². The molecule has 3 heteroatoms. The fourth-order valence-electron chi connectivity index (χ4n) is 0. The van der Waals surface area contributed by atoms with Gasteiger partial charge in [-0.15, -0.1) is 0 Å². The van der Waals surface area contributed by atoms with E-state index in [0.29, 0.717) is 0 Å². The van der Waals surface area contributed by atoms with Crippen molar-refractivity contribution >= 4 is 14.5 Å². The van der Waals surface area contributed by atoms with Crippen molar-refractivity contribution in [2.75, 3.05) is 0 Å². The molecule has 1 atom stereocenters. The van der Waals surface area contributed by atoms with Crippen LogP contribution in [0.3, 0.4) is 0 Å². The van der Waals surface area contributed by atoms with E-state index < -0.39 is 21.2 Å². The van der Waals surface area contributed by atoms with Crippen LogP contribution in [-0.4, -0.2) is 0 Å². The maximum atomic E-state index is 5.66. The van der Waals surface area contributed by atoms with Gasteiger partial charge in [-0.25, -0.2) is 0 Å². The van der Waals surface area contributed by atoms with E-state index in [4.69, 9.17) is 8.25 Å². The second-order valence-electron chi connectivity index (χ2n) is 1.13. The average Bonchev–Trinajstić information content (AvgIpc) is 1.38. The summed E-state index contributed by atoms with van der Waals surface area (Å²) in [5.41, 5.74) is 0. The van der Waals surface area contributed by atoms with Gasteiger partial charge in [-0.3, -0.25) is 0 Å². The van der Waals surface area contributed by atoms with E-state index in [9.17, 15) is 0 Å². The summed E-state index contributed by atoms with van der Waals surface area (Å²) < 4.78 is 1.27. The van der Waals surface area contributed by atoms with Crippen LogP contribution in [0.25, 0.3) is 0 Å². The van der Waals surface area contributed by atoms with Gasteiger partial charge in [0.15, 0.2) is 0 Å². The summed E-state index contributed by atoms with van der Waals surface area (Å²) in [6, 6.07) is 0. The molecule has 0 N–H and O–H groups in total. The minimum atomic E-state index is -1.45. The summed E-state index contributed by atoms with van der Waals surface area (Å²) in [4.78, 5) is 0. The van der Waals surface area contributed by atoms with Gasteiger partial charge in [-0.1, -0.05) is 0 Å². The molecule has 0 aromatic heterocycles. The summed E-state index contributed by atoms with van der Waals surface area (Å²) in [6.07, 6.45) is 2.73. The third kappa shape index (κ3) is 5.66. The van der Waals surface area contributed by atoms with E-state index in [2.05, 4.69) is 13.2 Å². The Labute approximate surface area is 46.4 Å². The molecule has 0 aliphatic rings. The van der Waals surface area contributed by atoms with Crippen molar-refractivity contribution in [1.29, 1.82) is 0 Å². The van der Waals surface area contributed by atoms with E-state index in [1.54, 1.807) is 0 Å². The first kappa shape index (κ1) is 6.66. The van der Waals surface area contributed by atoms with Crippen molar-refractivity contribution in [3.05, 3.63) is 0 Å². The molecule has 0 aliphatic carbocycles. The molecule has 0 aliphatic heterocycles. The van der Waals surface area contributed by atoms with Gasteiger partial charge < -0.3 is 0 Å². The van der Waals surface area contributed by atoms with E-state index in [0.717, 1.165) is 0 Å². The Hall–Kier alpha value is 1.66. The number of halogens is 1. The number of hydrogen-bond acceptors (Lipinski definition) is 0. The predicted molar refractivity (Wildman–Crippen MR) is 26.0 cm³/mol. The zero-order valence-corrected chi connectivity index (χ0v) is 10.8. The average molecular weight is 298 g/mol. The molecule has 0 aromatic rings. The molecule has 0 saturated heterocycles. The molecule has 0 saturated carbocycles. The van der Waals surface area contributed by atoms with Crippen LogP contribution in [0.1, 0.15) is 6.92 Å². The van der Waals surface area contributed by atoms with Crippen LogP contribution in [0, 0.1) is 0 Å². The van der Waals surface area contributed by atoms with E-state index in [-0.39, 0.29) is 0 Å². The van der Waals surface area contributed by atoms with Gasteiger partial charge in [-0.05, 0) is 0 Å². The second-order valence-corrected chi connectivity index (χ2v) is 29.1. The Balaban J connectivity index is 2.54. The zero-order valence-electron chi connectivity index (χ0n) is 3.37. The van der Waals surface area contributed by atoms with Gasteiger partial charge in [0.05, 0.1) is 0 Å². The summed E-state index contributed by atoms with van der Waals surface area (Å²) in [5, 5.41) is 0. The fraction of sp³-hybridized carbons (Fsp3) is 1.00. The van der Waals surface area contributed by atoms with E-state index >= 15 is 0 Å². The second kappa shape index (κ2) is 3.83. The van der Waals surface area contributed by atoms with Gasteiger partial charge in [0.25, 0.3) is 0 Å². The Morgan fingerprint density at radius 2 is 2.20 bits per heavy atom. The van der Waals surface area contributed by atoms with Gasteiger partial charge in [0.2, 0.25) is 0 Å². The van der Waals surface area contributed by atoms with Crippen molar-refractivity contribution in [2.45, 2.75) is 10.9 Å². The fourth-order valence-corrected chi connectivity index (χ4v) is 0.